The van der Waals surface area contributed by atoms with Crippen molar-refractivity contribution < 1.29 is 9.59 Å². The third-order valence-electron chi connectivity index (χ3n) is 4.89. The quantitative estimate of drug-likeness (QED) is 0.856. The second kappa shape index (κ2) is 5.82. The monoisotopic (exact) mass is 323 g/mol. The van der Waals surface area contributed by atoms with Crippen LogP contribution in [0.4, 0.5) is 0 Å². The molecule has 2 aromatic rings. The average molecular weight is 323 g/mol. The smallest absolute Gasteiger partial charge is 0.246 e. The first-order valence-corrected chi connectivity index (χ1v) is 8.43. The van der Waals surface area contributed by atoms with Gasteiger partial charge in [0.1, 0.15) is 6.54 Å². The first-order chi connectivity index (χ1) is 11.6. The largest absolute Gasteiger partial charge is 0.348 e. The summed E-state index contributed by atoms with van der Waals surface area (Å²) in [6.07, 6.45) is 5.86. The maximum atomic E-state index is 12.2. The van der Waals surface area contributed by atoms with Crippen LogP contribution >= 0.6 is 0 Å². The number of carbonyl (C=O) groups is 2. The lowest BCUT2D eigenvalue weighted by molar-refractivity contribution is -0.133. The molecule has 124 valence electrons. The van der Waals surface area contributed by atoms with Gasteiger partial charge >= 0.3 is 0 Å². The number of rotatable bonds is 5. The van der Waals surface area contributed by atoms with E-state index < -0.39 is 0 Å². The maximum Gasteiger partial charge on any atom is 0.246 e. The van der Waals surface area contributed by atoms with Crippen LogP contribution in [-0.4, -0.2) is 40.4 Å². The minimum atomic E-state index is -0.0802. The zero-order valence-corrected chi connectivity index (χ0v) is 13.6. The van der Waals surface area contributed by atoms with E-state index in [0.29, 0.717) is 19.6 Å². The van der Waals surface area contributed by atoms with Crippen molar-refractivity contribution in [3.63, 3.8) is 0 Å². The van der Waals surface area contributed by atoms with Gasteiger partial charge in [0.15, 0.2) is 0 Å². The van der Waals surface area contributed by atoms with Crippen LogP contribution in [0.5, 0.6) is 0 Å². The summed E-state index contributed by atoms with van der Waals surface area (Å²) in [5.74, 6) is 0.638. The zero-order valence-electron chi connectivity index (χ0n) is 13.6. The molecule has 2 fully saturated rings. The molecular weight excluding hydrogens is 302 g/mol. The van der Waals surface area contributed by atoms with E-state index in [0.717, 1.165) is 11.4 Å². The van der Waals surface area contributed by atoms with Crippen molar-refractivity contribution in [2.24, 2.45) is 0 Å². The summed E-state index contributed by atoms with van der Waals surface area (Å²) < 4.78 is 1.98. The van der Waals surface area contributed by atoms with E-state index in [9.17, 15) is 9.59 Å². The fraction of sp³-hybridized carbons (Fsp3) is 0.368. The van der Waals surface area contributed by atoms with Gasteiger partial charge in [0, 0.05) is 24.8 Å². The van der Waals surface area contributed by atoms with Crippen LogP contribution in [0.2, 0.25) is 0 Å². The Morgan fingerprint density at radius 1 is 1.25 bits per heavy atom. The minimum Gasteiger partial charge on any atom is -0.348 e. The Morgan fingerprint density at radius 3 is 2.75 bits per heavy atom. The van der Waals surface area contributed by atoms with Gasteiger partial charge in [0.05, 0.1) is 6.04 Å². The van der Waals surface area contributed by atoms with Crippen LogP contribution in [0.1, 0.15) is 24.3 Å². The lowest BCUT2D eigenvalue weighted by atomic mass is 10.1. The van der Waals surface area contributed by atoms with Gasteiger partial charge in [-0.25, -0.2) is 0 Å². The number of amides is 2. The minimum absolute atomic E-state index is 0.0190. The Bertz CT molecular complexity index is 813. The lowest BCUT2D eigenvalue weighted by Crippen LogP contribution is -2.61. The highest BCUT2D eigenvalue weighted by Gasteiger charge is 2.30. The topological polar surface area (TPSA) is 54.3 Å². The Kier molecular flexibility index (Phi) is 3.63. The van der Waals surface area contributed by atoms with Gasteiger partial charge < -0.3 is 14.8 Å². The molecule has 0 radical (unpaired) electrons. The van der Waals surface area contributed by atoms with Crippen molar-refractivity contribution in [3.8, 4) is 0 Å². The fourth-order valence-electron chi connectivity index (χ4n) is 3.33. The molecule has 0 unspecified atom stereocenters. The van der Waals surface area contributed by atoms with Gasteiger partial charge in [0.25, 0.3) is 0 Å². The molecule has 1 aliphatic carbocycles. The number of carbonyl (C=O) groups excluding carboxylic acids is 2. The number of nitrogens with zero attached hydrogens (tertiary/aromatic N) is 2. The molecule has 1 aliphatic heterocycles. The average Bonchev–Trinajstić information content (AvgIpc) is 3.32. The highest BCUT2D eigenvalue weighted by atomic mass is 16.2. The molecule has 4 rings (SSSR count). The number of aromatic nitrogens is 1. The van der Waals surface area contributed by atoms with Crippen molar-refractivity contribution in [2.75, 3.05) is 13.1 Å². The number of likely N-dealkylation sites (tertiary alicyclic amines) is 1. The van der Waals surface area contributed by atoms with Crippen molar-refractivity contribution in [2.45, 2.75) is 31.3 Å². The van der Waals surface area contributed by atoms with E-state index in [-0.39, 0.29) is 17.9 Å². The van der Waals surface area contributed by atoms with Gasteiger partial charge in [-0.1, -0.05) is 12.6 Å². The molecule has 1 saturated carbocycles. The van der Waals surface area contributed by atoms with Crippen molar-refractivity contribution in [3.05, 3.63) is 48.7 Å². The van der Waals surface area contributed by atoms with Gasteiger partial charge in [-0.2, -0.15) is 0 Å². The Labute approximate surface area is 140 Å². The Balaban J connectivity index is 1.37. The molecule has 0 spiro atoms. The maximum absolute atomic E-state index is 12.2. The highest BCUT2D eigenvalue weighted by molar-refractivity contribution is 5.88. The van der Waals surface area contributed by atoms with Crippen LogP contribution in [0, 0.1) is 0 Å². The van der Waals surface area contributed by atoms with E-state index in [1.165, 1.54) is 29.9 Å². The number of fused-ring (bicyclic) bond motifs is 1. The molecule has 2 aliphatic rings. The Hall–Kier alpha value is -2.56. The molecule has 2 amide bonds. The van der Waals surface area contributed by atoms with Crippen LogP contribution in [0.3, 0.4) is 0 Å². The molecule has 1 saturated heterocycles. The van der Waals surface area contributed by atoms with Crippen LogP contribution in [-0.2, 0) is 16.1 Å². The highest BCUT2D eigenvalue weighted by Crippen LogP contribution is 2.40. The summed E-state index contributed by atoms with van der Waals surface area (Å²) in [6, 6.07) is 8.65. The summed E-state index contributed by atoms with van der Waals surface area (Å²) in [5, 5.41) is 4.17. The van der Waals surface area contributed by atoms with Gasteiger partial charge in [-0.3, -0.25) is 9.59 Å². The lowest BCUT2D eigenvalue weighted by Gasteiger charge is -2.38. The normalized spacial score (nSPS) is 17.6. The predicted molar refractivity (Wildman–Crippen MR) is 92.6 cm³/mol. The van der Waals surface area contributed by atoms with Gasteiger partial charge in [-0.05, 0) is 54.0 Å². The summed E-state index contributed by atoms with van der Waals surface area (Å²) in [4.78, 5) is 25.3. The molecule has 1 N–H and O–H groups in total. The predicted octanol–water partition coefficient (Wildman–Crippen LogP) is 2.03. The third kappa shape index (κ3) is 2.82. The van der Waals surface area contributed by atoms with Crippen LogP contribution < -0.4 is 5.32 Å². The summed E-state index contributed by atoms with van der Waals surface area (Å²) in [6.45, 7) is 4.90. The molecular formula is C19H21N3O2. The summed E-state index contributed by atoms with van der Waals surface area (Å²) in [5.41, 5.74) is 2.50. The summed E-state index contributed by atoms with van der Waals surface area (Å²) >= 11 is 0. The molecule has 5 heteroatoms. The van der Waals surface area contributed by atoms with Crippen LogP contribution in [0.25, 0.3) is 10.9 Å². The third-order valence-corrected chi connectivity index (χ3v) is 4.89. The van der Waals surface area contributed by atoms with Crippen molar-refractivity contribution in [1.29, 1.82) is 0 Å². The van der Waals surface area contributed by atoms with E-state index in [2.05, 4.69) is 36.2 Å². The van der Waals surface area contributed by atoms with Crippen molar-refractivity contribution >= 4 is 22.7 Å². The number of benzene rings is 1. The van der Waals surface area contributed by atoms with E-state index in [1.54, 1.807) is 4.90 Å². The van der Waals surface area contributed by atoms with Gasteiger partial charge in [0.2, 0.25) is 11.8 Å². The second-order valence-corrected chi connectivity index (χ2v) is 6.75. The molecule has 0 atom stereocenters. The molecule has 1 aromatic carbocycles. The van der Waals surface area contributed by atoms with E-state index in [1.807, 2.05) is 10.8 Å². The molecule has 5 nitrogen and oxygen atoms in total. The standard InChI is InChI=1S/C19H21N3O2/c1-2-19(24)22-10-16(11-22)20-18(23)12-21-8-7-15-9-14(13-3-4-13)5-6-17(15)21/h2,5-9,13,16H,1,3-4,10-12H2,(H,20,23). The summed E-state index contributed by atoms with van der Waals surface area (Å²) in [7, 11) is 0. The first kappa shape index (κ1) is 15.0. The molecule has 2 heterocycles. The van der Waals surface area contributed by atoms with Crippen LogP contribution in [0.15, 0.2) is 43.1 Å². The number of nitrogens with one attached hydrogen (secondary N) is 1. The fourth-order valence-corrected chi connectivity index (χ4v) is 3.33. The number of hydrogen-bond acceptors (Lipinski definition) is 2. The van der Waals surface area contributed by atoms with Gasteiger partial charge in [-0.15, -0.1) is 0 Å². The second-order valence-electron chi connectivity index (χ2n) is 6.75. The van der Waals surface area contributed by atoms with Crippen molar-refractivity contribution in [1.82, 2.24) is 14.8 Å². The molecule has 24 heavy (non-hydrogen) atoms. The SMILES string of the molecule is C=CC(=O)N1CC(NC(=O)Cn2ccc3cc(C4CC4)ccc32)C1. The molecule has 1 aromatic heterocycles. The van der Waals surface area contributed by atoms with E-state index in [4.69, 9.17) is 0 Å². The first-order valence-electron chi connectivity index (χ1n) is 8.43. The molecule has 0 bridgehead atoms. The number of hydrogen-bond donors (Lipinski definition) is 1. The van der Waals surface area contributed by atoms with E-state index >= 15 is 0 Å². The Morgan fingerprint density at radius 2 is 2.04 bits per heavy atom. The zero-order chi connectivity index (χ0) is 16.7.